The summed E-state index contributed by atoms with van der Waals surface area (Å²) in [5.74, 6) is 0.0482. The lowest BCUT2D eigenvalue weighted by Gasteiger charge is -2.22. The van der Waals surface area contributed by atoms with Crippen LogP contribution in [0.5, 0.6) is 0 Å². The Morgan fingerprint density at radius 1 is 1.10 bits per heavy atom. The molecule has 0 radical (unpaired) electrons. The van der Waals surface area contributed by atoms with Crippen molar-refractivity contribution in [3.63, 3.8) is 0 Å². The third-order valence-corrected chi connectivity index (χ3v) is 4.33. The van der Waals surface area contributed by atoms with E-state index in [9.17, 15) is 4.79 Å². The topological polar surface area (TPSA) is 55.1 Å². The van der Waals surface area contributed by atoms with Crippen molar-refractivity contribution in [3.8, 4) is 0 Å². The quantitative estimate of drug-likeness (QED) is 0.811. The summed E-state index contributed by atoms with van der Waals surface area (Å²) < 4.78 is 0. The van der Waals surface area contributed by atoms with E-state index in [0.29, 0.717) is 0 Å². The Morgan fingerprint density at radius 2 is 1.70 bits per heavy atom. The van der Waals surface area contributed by atoms with Gasteiger partial charge in [0.2, 0.25) is 5.91 Å². The van der Waals surface area contributed by atoms with Gasteiger partial charge in [-0.3, -0.25) is 4.79 Å². The van der Waals surface area contributed by atoms with Gasteiger partial charge >= 0.3 is 0 Å². The number of carbonyl (C=O) groups is 1. The van der Waals surface area contributed by atoms with Crippen molar-refractivity contribution in [1.82, 2.24) is 0 Å². The van der Waals surface area contributed by atoms with Crippen LogP contribution in [0.4, 0.5) is 5.69 Å². The van der Waals surface area contributed by atoms with Gasteiger partial charge in [-0.15, -0.1) is 0 Å². The normalized spacial score (nSPS) is 23.2. The number of amides is 1. The standard InChI is InChI=1S/C17H26N2O/c1-11-9-12(2)16(13(3)10-11)19-17(20)14-7-5-4-6-8-15(14)18/h9-10,14-15H,4-8,18H2,1-3H3,(H,19,20). The highest BCUT2D eigenvalue weighted by molar-refractivity contribution is 5.94. The number of hydrogen-bond donors (Lipinski definition) is 2. The Bertz CT molecular complexity index is 473. The molecule has 0 aromatic heterocycles. The van der Waals surface area contributed by atoms with Crippen LogP contribution in [0.1, 0.15) is 48.8 Å². The van der Waals surface area contributed by atoms with Crippen LogP contribution in [-0.2, 0) is 4.79 Å². The Hall–Kier alpha value is -1.35. The van der Waals surface area contributed by atoms with Crippen LogP contribution in [0, 0.1) is 26.7 Å². The van der Waals surface area contributed by atoms with Crippen LogP contribution in [0.15, 0.2) is 12.1 Å². The number of anilines is 1. The molecule has 110 valence electrons. The van der Waals surface area contributed by atoms with E-state index in [2.05, 4.69) is 24.4 Å². The van der Waals surface area contributed by atoms with Crippen molar-refractivity contribution in [2.45, 2.75) is 58.9 Å². The molecule has 20 heavy (non-hydrogen) atoms. The maximum atomic E-state index is 12.5. The van der Waals surface area contributed by atoms with Crippen LogP contribution in [0.25, 0.3) is 0 Å². The molecule has 1 amide bonds. The molecule has 0 aliphatic heterocycles. The molecular formula is C17H26N2O. The Labute approximate surface area is 121 Å². The molecule has 0 spiro atoms. The summed E-state index contributed by atoms with van der Waals surface area (Å²) in [7, 11) is 0. The van der Waals surface area contributed by atoms with E-state index in [4.69, 9.17) is 5.73 Å². The number of nitrogens with two attached hydrogens (primary N) is 1. The van der Waals surface area contributed by atoms with Gasteiger partial charge in [0.25, 0.3) is 0 Å². The highest BCUT2D eigenvalue weighted by atomic mass is 16.1. The average Bonchev–Trinajstić information content (AvgIpc) is 2.58. The van der Waals surface area contributed by atoms with Crippen molar-refractivity contribution in [3.05, 3.63) is 28.8 Å². The summed E-state index contributed by atoms with van der Waals surface area (Å²) in [4.78, 5) is 12.5. The maximum Gasteiger partial charge on any atom is 0.229 e. The molecule has 3 N–H and O–H groups in total. The van der Waals surface area contributed by atoms with E-state index in [1.54, 1.807) is 0 Å². The second-order valence-electron chi connectivity index (χ2n) is 6.17. The summed E-state index contributed by atoms with van der Waals surface area (Å²) in [6, 6.07) is 4.22. The monoisotopic (exact) mass is 274 g/mol. The molecule has 1 aliphatic carbocycles. The van der Waals surface area contributed by atoms with Crippen molar-refractivity contribution in [1.29, 1.82) is 0 Å². The van der Waals surface area contributed by atoms with Crippen molar-refractivity contribution in [2.24, 2.45) is 11.7 Å². The Kier molecular flexibility index (Phi) is 4.81. The Morgan fingerprint density at radius 3 is 2.35 bits per heavy atom. The first-order chi connectivity index (χ1) is 9.49. The average molecular weight is 274 g/mol. The fourth-order valence-corrected chi connectivity index (χ4v) is 3.25. The summed E-state index contributed by atoms with van der Waals surface area (Å²) in [5.41, 5.74) is 10.6. The number of carbonyl (C=O) groups excluding carboxylic acids is 1. The maximum absolute atomic E-state index is 12.5. The molecule has 1 saturated carbocycles. The molecule has 3 nitrogen and oxygen atoms in total. The summed E-state index contributed by atoms with van der Waals surface area (Å²) in [6.07, 6.45) is 5.33. The molecule has 1 fully saturated rings. The molecule has 3 heteroatoms. The van der Waals surface area contributed by atoms with Crippen LogP contribution >= 0.6 is 0 Å². The van der Waals surface area contributed by atoms with Gasteiger partial charge in [-0.25, -0.2) is 0 Å². The van der Waals surface area contributed by atoms with Crippen LogP contribution in [0.2, 0.25) is 0 Å². The second kappa shape index (κ2) is 6.40. The van der Waals surface area contributed by atoms with E-state index in [1.807, 2.05) is 13.8 Å². The number of hydrogen-bond acceptors (Lipinski definition) is 2. The molecule has 0 heterocycles. The summed E-state index contributed by atoms with van der Waals surface area (Å²) >= 11 is 0. The van der Waals surface area contributed by atoms with Gasteiger partial charge in [0.1, 0.15) is 0 Å². The molecule has 2 rings (SSSR count). The first-order valence-electron chi connectivity index (χ1n) is 7.63. The van der Waals surface area contributed by atoms with Crippen molar-refractivity contribution in [2.75, 3.05) is 5.32 Å². The third-order valence-electron chi connectivity index (χ3n) is 4.33. The third kappa shape index (κ3) is 3.40. The molecule has 0 bridgehead atoms. The van der Waals surface area contributed by atoms with E-state index in [1.165, 1.54) is 12.0 Å². The van der Waals surface area contributed by atoms with Gasteiger partial charge in [0.15, 0.2) is 0 Å². The minimum Gasteiger partial charge on any atom is -0.327 e. The predicted molar refractivity (Wildman–Crippen MR) is 83.8 cm³/mol. The number of aryl methyl sites for hydroxylation is 3. The van der Waals surface area contributed by atoms with E-state index in [-0.39, 0.29) is 17.9 Å². The largest absolute Gasteiger partial charge is 0.327 e. The van der Waals surface area contributed by atoms with Crippen LogP contribution < -0.4 is 11.1 Å². The number of rotatable bonds is 2. The lowest BCUT2D eigenvalue weighted by atomic mass is 9.94. The van der Waals surface area contributed by atoms with Crippen molar-refractivity contribution >= 4 is 11.6 Å². The van der Waals surface area contributed by atoms with E-state index < -0.39 is 0 Å². The highest BCUT2D eigenvalue weighted by Crippen LogP contribution is 2.26. The second-order valence-corrected chi connectivity index (χ2v) is 6.17. The van der Waals surface area contributed by atoms with Crippen molar-refractivity contribution < 1.29 is 4.79 Å². The van der Waals surface area contributed by atoms with Gasteiger partial charge in [0, 0.05) is 11.7 Å². The molecule has 2 atom stereocenters. The fourth-order valence-electron chi connectivity index (χ4n) is 3.25. The summed E-state index contributed by atoms with van der Waals surface area (Å²) in [5, 5.41) is 3.11. The first kappa shape index (κ1) is 15.0. The SMILES string of the molecule is Cc1cc(C)c(NC(=O)C2CCCCCC2N)c(C)c1. The fraction of sp³-hybridized carbons (Fsp3) is 0.588. The molecule has 2 unspecified atom stereocenters. The minimum atomic E-state index is -0.0439. The smallest absolute Gasteiger partial charge is 0.229 e. The zero-order chi connectivity index (χ0) is 14.7. The zero-order valence-corrected chi connectivity index (χ0v) is 12.8. The van der Waals surface area contributed by atoms with Gasteiger partial charge < -0.3 is 11.1 Å². The Balaban J connectivity index is 2.15. The van der Waals surface area contributed by atoms with Gasteiger partial charge in [0.05, 0.1) is 5.92 Å². The number of nitrogens with one attached hydrogen (secondary N) is 1. The molecular weight excluding hydrogens is 248 g/mol. The highest BCUT2D eigenvalue weighted by Gasteiger charge is 2.27. The number of benzene rings is 1. The van der Waals surface area contributed by atoms with Gasteiger partial charge in [-0.05, 0) is 44.7 Å². The zero-order valence-electron chi connectivity index (χ0n) is 12.8. The van der Waals surface area contributed by atoms with E-state index in [0.717, 1.165) is 42.5 Å². The van der Waals surface area contributed by atoms with Crippen LogP contribution in [-0.4, -0.2) is 11.9 Å². The lowest BCUT2D eigenvalue weighted by Crippen LogP contribution is -2.38. The van der Waals surface area contributed by atoms with Gasteiger partial charge in [-0.2, -0.15) is 0 Å². The minimum absolute atomic E-state index is 0.00330. The lowest BCUT2D eigenvalue weighted by molar-refractivity contribution is -0.120. The molecule has 1 aromatic carbocycles. The molecule has 1 aromatic rings. The predicted octanol–water partition coefficient (Wildman–Crippen LogP) is 3.46. The van der Waals surface area contributed by atoms with Gasteiger partial charge in [-0.1, -0.05) is 37.0 Å². The van der Waals surface area contributed by atoms with E-state index >= 15 is 0 Å². The van der Waals surface area contributed by atoms with Crippen LogP contribution in [0.3, 0.4) is 0 Å². The molecule has 1 aliphatic rings. The summed E-state index contributed by atoms with van der Waals surface area (Å²) in [6.45, 7) is 6.16. The molecule has 0 saturated heterocycles. The first-order valence-corrected chi connectivity index (χ1v) is 7.63.